The van der Waals surface area contributed by atoms with Gasteiger partial charge in [-0.1, -0.05) is 47.5 Å². The van der Waals surface area contributed by atoms with Gasteiger partial charge in [-0.2, -0.15) is 0 Å². The van der Waals surface area contributed by atoms with Crippen LogP contribution in [0.2, 0.25) is 10.0 Å². The molecule has 0 aliphatic heterocycles. The van der Waals surface area contributed by atoms with Gasteiger partial charge >= 0.3 is 0 Å². The zero-order valence-electron chi connectivity index (χ0n) is 18.5. The number of benzene rings is 2. The molecule has 178 valence electrons. The summed E-state index contributed by atoms with van der Waals surface area (Å²) in [5, 5.41) is 6.26. The topological polar surface area (TPSA) is 69.8 Å². The Bertz CT molecular complexity index is 1720. The molecule has 0 amide bonds. The number of fused-ring (bicyclic) bond motifs is 2. The Kier molecular flexibility index (Phi) is 5.97. The molecule has 0 unspecified atom stereocenters. The van der Waals surface area contributed by atoms with E-state index in [9.17, 15) is 9.59 Å². The van der Waals surface area contributed by atoms with Crippen LogP contribution < -0.4 is 11.1 Å². The highest BCUT2D eigenvalue weighted by Gasteiger charge is 2.16. The third kappa shape index (κ3) is 4.06. The summed E-state index contributed by atoms with van der Waals surface area (Å²) in [6, 6.07) is 14.8. The van der Waals surface area contributed by atoms with Crippen LogP contribution in [-0.4, -0.2) is 19.1 Å². The van der Waals surface area contributed by atoms with E-state index in [1.54, 1.807) is 33.4 Å². The fourth-order valence-electron chi connectivity index (χ4n) is 4.15. The van der Waals surface area contributed by atoms with Gasteiger partial charge < -0.3 is 0 Å². The number of thiophene rings is 2. The molecular weight excluding hydrogens is 535 g/mol. The molecule has 0 atom stereocenters. The van der Waals surface area contributed by atoms with Crippen molar-refractivity contribution >= 4 is 66.3 Å². The van der Waals surface area contributed by atoms with Gasteiger partial charge in [0, 0.05) is 45.0 Å². The van der Waals surface area contributed by atoms with Crippen LogP contribution in [0, 0.1) is 0 Å². The van der Waals surface area contributed by atoms with Gasteiger partial charge in [-0.25, -0.2) is 9.97 Å². The maximum Gasteiger partial charge on any atom is 0.262 e. The minimum absolute atomic E-state index is 0.148. The highest BCUT2D eigenvalue weighted by molar-refractivity contribution is 7.17. The predicted molar refractivity (Wildman–Crippen MR) is 149 cm³/mol. The first kappa shape index (κ1) is 23.1. The molecule has 0 fully saturated rings. The van der Waals surface area contributed by atoms with E-state index in [0.29, 0.717) is 30.5 Å². The van der Waals surface area contributed by atoms with Gasteiger partial charge in [0.05, 0.1) is 23.4 Å². The molecule has 0 N–H and O–H groups in total. The SMILES string of the molecule is O=c1c2c(-c3ccc(Cl)cc3)csc2ncn1CCn1cnc2scc(-c3ccc(Cl)cc3)c2c1=O. The van der Waals surface area contributed by atoms with E-state index >= 15 is 0 Å². The van der Waals surface area contributed by atoms with Crippen molar-refractivity contribution in [2.45, 2.75) is 13.1 Å². The van der Waals surface area contributed by atoms with Gasteiger partial charge in [0.15, 0.2) is 0 Å². The van der Waals surface area contributed by atoms with Crippen molar-refractivity contribution < 1.29 is 0 Å². The van der Waals surface area contributed by atoms with E-state index in [-0.39, 0.29) is 24.2 Å². The Morgan fingerprint density at radius 1 is 0.639 bits per heavy atom. The first-order chi connectivity index (χ1) is 17.5. The average Bonchev–Trinajstić information content (AvgIpc) is 3.51. The van der Waals surface area contributed by atoms with E-state index in [1.165, 1.54) is 35.3 Å². The van der Waals surface area contributed by atoms with Crippen molar-refractivity contribution in [3.8, 4) is 22.3 Å². The Morgan fingerprint density at radius 3 is 1.42 bits per heavy atom. The van der Waals surface area contributed by atoms with Gasteiger partial charge in [0.25, 0.3) is 11.1 Å². The third-order valence-corrected chi connectivity index (χ3v) is 8.29. The largest absolute Gasteiger partial charge is 0.297 e. The van der Waals surface area contributed by atoms with Crippen LogP contribution in [0.3, 0.4) is 0 Å². The first-order valence-electron chi connectivity index (χ1n) is 10.9. The number of halogens is 2. The first-order valence-corrected chi connectivity index (χ1v) is 13.5. The van der Waals surface area contributed by atoms with E-state index < -0.39 is 0 Å². The van der Waals surface area contributed by atoms with Crippen molar-refractivity contribution in [2.75, 3.05) is 0 Å². The van der Waals surface area contributed by atoms with Crippen LogP contribution in [0.25, 0.3) is 42.7 Å². The van der Waals surface area contributed by atoms with Crippen molar-refractivity contribution in [1.82, 2.24) is 19.1 Å². The number of aryl methyl sites for hydroxylation is 2. The normalized spacial score (nSPS) is 11.5. The summed E-state index contributed by atoms with van der Waals surface area (Å²) in [5.41, 5.74) is 3.16. The zero-order chi connectivity index (χ0) is 24.8. The zero-order valence-corrected chi connectivity index (χ0v) is 21.7. The smallest absolute Gasteiger partial charge is 0.262 e. The summed E-state index contributed by atoms with van der Waals surface area (Å²) in [5.74, 6) is 0. The van der Waals surface area contributed by atoms with Crippen molar-refractivity contribution in [3.63, 3.8) is 0 Å². The van der Waals surface area contributed by atoms with Gasteiger partial charge in [-0.3, -0.25) is 18.7 Å². The summed E-state index contributed by atoms with van der Waals surface area (Å²) >= 11 is 14.9. The minimum atomic E-state index is -0.148. The van der Waals surface area contributed by atoms with Gasteiger partial charge in [0.1, 0.15) is 9.66 Å². The van der Waals surface area contributed by atoms with E-state index in [0.717, 1.165) is 22.3 Å². The highest BCUT2D eigenvalue weighted by Crippen LogP contribution is 2.32. The van der Waals surface area contributed by atoms with E-state index in [1.807, 2.05) is 35.0 Å². The molecule has 0 aliphatic rings. The Balaban J connectivity index is 1.35. The van der Waals surface area contributed by atoms with Crippen molar-refractivity contribution in [3.05, 3.63) is 103 Å². The molecule has 6 aromatic rings. The lowest BCUT2D eigenvalue weighted by Crippen LogP contribution is -2.27. The molecule has 0 spiro atoms. The van der Waals surface area contributed by atoms with Crippen LogP contribution >= 0.6 is 45.9 Å². The molecule has 6 nitrogen and oxygen atoms in total. The van der Waals surface area contributed by atoms with Crippen LogP contribution in [0.5, 0.6) is 0 Å². The number of nitrogens with zero attached hydrogens (tertiary/aromatic N) is 4. The maximum absolute atomic E-state index is 13.4. The van der Waals surface area contributed by atoms with Crippen LogP contribution in [0.4, 0.5) is 0 Å². The van der Waals surface area contributed by atoms with Crippen LogP contribution in [0.1, 0.15) is 0 Å². The molecule has 4 heterocycles. The standard InChI is InChI=1S/C26H16Cl2N4O2S2/c27-17-5-1-15(2-6-17)19-11-35-23-21(19)25(33)31(13-29-23)9-10-32-14-30-24-22(26(32)34)20(12-36-24)16-3-7-18(28)8-4-16/h1-8,11-14H,9-10H2. The summed E-state index contributed by atoms with van der Waals surface area (Å²) in [4.78, 5) is 37.1. The molecule has 0 saturated heterocycles. The monoisotopic (exact) mass is 550 g/mol. The lowest BCUT2D eigenvalue weighted by molar-refractivity contribution is 0.547. The summed E-state index contributed by atoms with van der Waals surface area (Å²) < 4.78 is 3.08. The number of rotatable bonds is 5. The quantitative estimate of drug-likeness (QED) is 0.243. The summed E-state index contributed by atoms with van der Waals surface area (Å²) in [7, 11) is 0. The Hall–Kier alpha value is -3.30. The van der Waals surface area contributed by atoms with Crippen LogP contribution in [-0.2, 0) is 13.1 Å². The molecule has 0 bridgehead atoms. The predicted octanol–water partition coefficient (Wildman–Crippen LogP) is 6.57. The molecule has 10 heteroatoms. The lowest BCUT2D eigenvalue weighted by atomic mass is 10.1. The molecular formula is C26H16Cl2N4O2S2. The second-order valence-corrected chi connectivity index (χ2v) is 10.7. The highest BCUT2D eigenvalue weighted by atomic mass is 35.5. The average molecular weight is 551 g/mol. The van der Waals surface area contributed by atoms with E-state index in [4.69, 9.17) is 23.2 Å². The molecule has 36 heavy (non-hydrogen) atoms. The molecule has 6 rings (SSSR count). The third-order valence-electron chi connectivity index (χ3n) is 6.01. The van der Waals surface area contributed by atoms with Gasteiger partial charge in [0.2, 0.25) is 0 Å². The van der Waals surface area contributed by atoms with E-state index in [2.05, 4.69) is 9.97 Å². The fraction of sp³-hybridized carbons (Fsp3) is 0.0769. The number of hydrogen-bond acceptors (Lipinski definition) is 6. The maximum atomic E-state index is 13.4. The lowest BCUT2D eigenvalue weighted by Gasteiger charge is -2.09. The molecule has 2 aromatic carbocycles. The molecule has 0 saturated carbocycles. The number of aromatic nitrogens is 4. The van der Waals surface area contributed by atoms with Crippen molar-refractivity contribution in [2.24, 2.45) is 0 Å². The van der Waals surface area contributed by atoms with Crippen molar-refractivity contribution in [1.29, 1.82) is 0 Å². The van der Waals surface area contributed by atoms with Crippen LogP contribution in [0.15, 0.2) is 81.5 Å². The summed E-state index contributed by atoms with van der Waals surface area (Å²) in [6.45, 7) is 0.566. The molecule has 0 radical (unpaired) electrons. The second-order valence-electron chi connectivity index (χ2n) is 8.16. The second kappa shape index (κ2) is 9.29. The fourth-order valence-corrected chi connectivity index (χ4v) is 6.22. The summed E-state index contributed by atoms with van der Waals surface area (Å²) in [6.07, 6.45) is 3.07. The molecule has 4 aromatic heterocycles. The minimum Gasteiger partial charge on any atom is -0.297 e. The number of hydrogen-bond donors (Lipinski definition) is 0. The Morgan fingerprint density at radius 2 is 1.03 bits per heavy atom. The van der Waals surface area contributed by atoms with Gasteiger partial charge in [-0.05, 0) is 35.4 Å². The van der Waals surface area contributed by atoms with Gasteiger partial charge in [-0.15, -0.1) is 22.7 Å². The Labute approximate surface area is 222 Å². The molecule has 0 aliphatic carbocycles.